The highest BCUT2D eigenvalue weighted by Gasteiger charge is 2.52. The zero-order valence-electron chi connectivity index (χ0n) is 9.68. The SMILES string of the molecule is CN1C(=O)C2CN(C(=O)C3CNC3)CC2C1=O. The van der Waals surface area contributed by atoms with Gasteiger partial charge in [-0.3, -0.25) is 19.3 Å². The molecule has 2 atom stereocenters. The van der Waals surface area contributed by atoms with Crippen molar-refractivity contribution in [2.45, 2.75) is 0 Å². The van der Waals surface area contributed by atoms with Gasteiger partial charge in [-0.25, -0.2) is 0 Å². The Morgan fingerprint density at radius 2 is 1.71 bits per heavy atom. The fourth-order valence-corrected chi connectivity index (χ4v) is 2.81. The Labute approximate surface area is 98.9 Å². The first-order valence-electron chi connectivity index (χ1n) is 5.90. The first-order chi connectivity index (χ1) is 8.09. The van der Waals surface area contributed by atoms with E-state index in [1.54, 1.807) is 4.90 Å². The van der Waals surface area contributed by atoms with Crippen LogP contribution in [0.15, 0.2) is 0 Å². The maximum atomic E-state index is 12.0. The number of amides is 3. The lowest BCUT2D eigenvalue weighted by Gasteiger charge is -2.30. The highest BCUT2D eigenvalue weighted by atomic mass is 16.2. The molecule has 0 aromatic rings. The Bertz CT molecular complexity index is 381. The molecule has 0 aromatic carbocycles. The van der Waals surface area contributed by atoms with Gasteiger partial charge in [-0.05, 0) is 0 Å². The monoisotopic (exact) mass is 237 g/mol. The number of likely N-dealkylation sites (tertiary alicyclic amines) is 2. The molecule has 3 amide bonds. The number of carbonyl (C=O) groups is 3. The lowest BCUT2D eigenvalue weighted by molar-refractivity contribution is -0.140. The summed E-state index contributed by atoms with van der Waals surface area (Å²) in [6, 6.07) is 0. The van der Waals surface area contributed by atoms with Crippen molar-refractivity contribution in [1.29, 1.82) is 0 Å². The van der Waals surface area contributed by atoms with Crippen molar-refractivity contribution in [3.05, 3.63) is 0 Å². The summed E-state index contributed by atoms with van der Waals surface area (Å²) < 4.78 is 0. The van der Waals surface area contributed by atoms with Gasteiger partial charge in [0.2, 0.25) is 17.7 Å². The first-order valence-corrected chi connectivity index (χ1v) is 5.90. The van der Waals surface area contributed by atoms with E-state index in [2.05, 4.69) is 5.32 Å². The van der Waals surface area contributed by atoms with Gasteiger partial charge in [0, 0.05) is 33.2 Å². The number of carbonyl (C=O) groups excluding carboxylic acids is 3. The lowest BCUT2D eigenvalue weighted by Crippen LogP contribution is -2.52. The normalized spacial score (nSPS) is 33.0. The summed E-state index contributed by atoms with van der Waals surface area (Å²) in [7, 11) is 1.52. The lowest BCUT2D eigenvalue weighted by atomic mass is 10.00. The highest BCUT2D eigenvalue weighted by Crippen LogP contribution is 2.33. The van der Waals surface area contributed by atoms with Crippen molar-refractivity contribution in [3.63, 3.8) is 0 Å². The van der Waals surface area contributed by atoms with Crippen molar-refractivity contribution in [1.82, 2.24) is 15.1 Å². The largest absolute Gasteiger partial charge is 0.341 e. The van der Waals surface area contributed by atoms with Crippen molar-refractivity contribution in [2.24, 2.45) is 17.8 Å². The Hall–Kier alpha value is -1.43. The molecular weight excluding hydrogens is 222 g/mol. The third-order valence-electron chi connectivity index (χ3n) is 4.06. The minimum Gasteiger partial charge on any atom is -0.341 e. The van der Waals surface area contributed by atoms with Crippen LogP contribution in [0.2, 0.25) is 0 Å². The molecule has 0 spiro atoms. The van der Waals surface area contributed by atoms with Gasteiger partial charge < -0.3 is 10.2 Å². The number of imide groups is 1. The van der Waals surface area contributed by atoms with Crippen LogP contribution in [-0.2, 0) is 14.4 Å². The summed E-state index contributed by atoms with van der Waals surface area (Å²) in [6.07, 6.45) is 0. The van der Waals surface area contributed by atoms with Gasteiger partial charge in [-0.15, -0.1) is 0 Å². The van der Waals surface area contributed by atoms with E-state index >= 15 is 0 Å². The van der Waals surface area contributed by atoms with E-state index < -0.39 is 0 Å². The zero-order chi connectivity index (χ0) is 12.2. The molecular formula is C11H15N3O3. The smallest absolute Gasteiger partial charge is 0.234 e. The highest BCUT2D eigenvalue weighted by molar-refractivity contribution is 6.06. The first kappa shape index (κ1) is 10.7. The molecule has 3 aliphatic rings. The molecule has 1 N–H and O–H groups in total. The summed E-state index contributed by atoms with van der Waals surface area (Å²) in [5, 5.41) is 3.05. The maximum absolute atomic E-state index is 12.0. The Balaban J connectivity index is 1.72. The van der Waals surface area contributed by atoms with Gasteiger partial charge in [0.25, 0.3) is 0 Å². The van der Waals surface area contributed by atoms with E-state index in [9.17, 15) is 14.4 Å². The number of hydrogen-bond acceptors (Lipinski definition) is 4. The molecule has 0 bridgehead atoms. The van der Waals surface area contributed by atoms with Gasteiger partial charge in [-0.2, -0.15) is 0 Å². The second-order valence-electron chi connectivity index (χ2n) is 5.05. The molecule has 0 aromatic heterocycles. The summed E-state index contributed by atoms with van der Waals surface area (Å²) in [5.74, 6) is -0.754. The third kappa shape index (κ3) is 1.40. The van der Waals surface area contributed by atoms with Gasteiger partial charge in [0.15, 0.2) is 0 Å². The predicted molar refractivity (Wildman–Crippen MR) is 57.7 cm³/mol. The predicted octanol–water partition coefficient (Wildman–Crippen LogP) is -1.72. The van der Waals surface area contributed by atoms with E-state index in [4.69, 9.17) is 0 Å². The summed E-state index contributed by atoms with van der Waals surface area (Å²) in [5.41, 5.74) is 0. The van der Waals surface area contributed by atoms with Crippen molar-refractivity contribution in [3.8, 4) is 0 Å². The summed E-state index contributed by atoms with van der Waals surface area (Å²) in [6.45, 7) is 2.25. The minimum absolute atomic E-state index is 0.0387. The van der Waals surface area contributed by atoms with Crippen molar-refractivity contribution >= 4 is 17.7 Å². The summed E-state index contributed by atoms with van der Waals surface area (Å²) in [4.78, 5) is 38.4. The van der Waals surface area contributed by atoms with E-state index in [0.29, 0.717) is 26.2 Å². The van der Waals surface area contributed by atoms with E-state index in [0.717, 1.165) is 0 Å². The number of nitrogens with zero attached hydrogens (tertiary/aromatic N) is 2. The molecule has 0 saturated carbocycles. The minimum atomic E-state index is -0.301. The fraction of sp³-hybridized carbons (Fsp3) is 0.727. The average Bonchev–Trinajstić information content (AvgIpc) is 2.74. The van der Waals surface area contributed by atoms with E-state index in [-0.39, 0.29) is 35.5 Å². The molecule has 3 rings (SSSR count). The molecule has 17 heavy (non-hydrogen) atoms. The molecule has 6 heteroatoms. The molecule has 2 unspecified atom stereocenters. The number of rotatable bonds is 1. The second kappa shape index (κ2) is 3.53. The van der Waals surface area contributed by atoms with Crippen molar-refractivity contribution in [2.75, 3.05) is 33.2 Å². The van der Waals surface area contributed by atoms with Crippen molar-refractivity contribution < 1.29 is 14.4 Å². The van der Waals surface area contributed by atoms with Crippen LogP contribution in [0.5, 0.6) is 0 Å². The molecule has 0 radical (unpaired) electrons. The van der Waals surface area contributed by atoms with Gasteiger partial charge in [-0.1, -0.05) is 0 Å². The molecule has 3 heterocycles. The third-order valence-corrected chi connectivity index (χ3v) is 4.06. The van der Waals surface area contributed by atoms with Crippen LogP contribution in [0.3, 0.4) is 0 Å². The van der Waals surface area contributed by atoms with Gasteiger partial charge in [0.1, 0.15) is 0 Å². The van der Waals surface area contributed by atoms with Crippen LogP contribution in [0, 0.1) is 17.8 Å². The number of hydrogen-bond donors (Lipinski definition) is 1. The van der Waals surface area contributed by atoms with E-state index in [1.807, 2.05) is 0 Å². The molecule has 6 nitrogen and oxygen atoms in total. The molecule has 3 aliphatic heterocycles. The molecule has 92 valence electrons. The maximum Gasteiger partial charge on any atom is 0.234 e. The van der Waals surface area contributed by atoms with Gasteiger partial charge in [0.05, 0.1) is 17.8 Å². The molecule has 3 saturated heterocycles. The van der Waals surface area contributed by atoms with Crippen LogP contribution < -0.4 is 5.32 Å². The molecule has 3 fully saturated rings. The average molecular weight is 237 g/mol. The Morgan fingerprint density at radius 3 is 2.12 bits per heavy atom. The topological polar surface area (TPSA) is 69.7 Å². The Morgan fingerprint density at radius 1 is 1.18 bits per heavy atom. The number of fused-ring (bicyclic) bond motifs is 1. The van der Waals surface area contributed by atoms with Crippen LogP contribution >= 0.6 is 0 Å². The standard InChI is InChI=1S/C11H15N3O3/c1-13-10(16)7-4-14(5-8(7)11(13)17)9(15)6-2-12-3-6/h6-8,12H,2-5H2,1H3. The van der Waals surface area contributed by atoms with Gasteiger partial charge >= 0.3 is 0 Å². The fourth-order valence-electron chi connectivity index (χ4n) is 2.81. The van der Waals surface area contributed by atoms with E-state index in [1.165, 1.54) is 11.9 Å². The van der Waals surface area contributed by atoms with Crippen LogP contribution in [0.4, 0.5) is 0 Å². The van der Waals surface area contributed by atoms with Crippen LogP contribution in [0.1, 0.15) is 0 Å². The zero-order valence-corrected chi connectivity index (χ0v) is 9.68. The number of nitrogens with one attached hydrogen (secondary N) is 1. The van der Waals surface area contributed by atoms with Crippen LogP contribution in [0.25, 0.3) is 0 Å². The van der Waals surface area contributed by atoms with Crippen LogP contribution in [-0.4, -0.2) is 60.7 Å². The summed E-state index contributed by atoms with van der Waals surface area (Å²) >= 11 is 0. The molecule has 0 aliphatic carbocycles. The Kier molecular flexibility index (Phi) is 2.22. The quantitative estimate of drug-likeness (QED) is 0.551. The second-order valence-corrected chi connectivity index (χ2v) is 5.05.